The number of rotatable bonds is 5. The molecule has 1 N–H and O–H groups in total. The highest BCUT2D eigenvalue weighted by Crippen LogP contribution is 2.43. The molecule has 1 atom stereocenters. The molecule has 106 valence electrons. The van der Waals surface area contributed by atoms with Crippen LogP contribution in [-0.2, 0) is 5.41 Å². The van der Waals surface area contributed by atoms with E-state index in [2.05, 4.69) is 51.1 Å². The monoisotopic (exact) mass is 268 g/mol. The smallest absolute Gasteiger partial charge is 0.0888 e. The Kier molecular flexibility index (Phi) is 4.61. The number of hydrogen-bond acceptors (Lipinski definition) is 1. The van der Waals surface area contributed by atoms with Crippen molar-refractivity contribution in [3.05, 3.63) is 71.3 Å². The van der Waals surface area contributed by atoms with Crippen LogP contribution in [0.2, 0.25) is 0 Å². The van der Waals surface area contributed by atoms with Gasteiger partial charge in [-0.25, -0.2) is 0 Å². The van der Waals surface area contributed by atoms with E-state index < -0.39 is 6.10 Å². The predicted molar refractivity (Wildman–Crippen MR) is 84.8 cm³/mol. The lowest BCUT2D eigenvalue weighted by Gasteiger charge is -2.38. The molecule has 0 saturated carbocycles. The molecule has 0 aliphatic rings. The molecule has 0 amide bonds. The highest BCUT2D eigenvalue weighted by molar-refractivity contribution is 5.35. The summed E-state index contributed by atoms with van der Waals surface area (Å²) in [5.41, 5.74) is 3.20. The number of aliphatic hydroxyl groups is 1. The fraction of sp³-hybridized carbons (Fsp3) is 0.368. The minimum Gasteiger partial charge on any atom is -0.387 e. The standard InChI is InChI=1S/C19H24O/c1-4-19(5-2,16-12-7-6-8-13-16)18(20)17-14-10-9-11-15(17)3/h6-14,18,20H,4-5H2,1-3H3. The zero-order valence-electron chi connectivity index (χ0n) is 12.6. The van der Waals surface area contributed by atoms with Crippen molar-refractivity contribution in [1.29, 1.82) is 0 Å². The van der Waals surface area contributed by atoms with E-state index in [4.69, 9.17) is 0 Å². The van der Waals surface area contributed by atoms with E-state index in [9.17, 15) is 5.11 Å². The molecule has 20 heavy (non-hydrogen) atoms. The van der Waals surface area contributed by atoms with Crippen molar-refractivity contribution in [3.8, 4) is 0 Å². The number of aryl methyl sites for hydroxylation is 1. The Morgan fingerprint density at radius 1 is 0.900 bits per heavy atom. The van der Waals surface area contributed by atoms with Crippen molar-refractivity contribution in [2.24, 2.45) is 0 Å². The van der Waals surface area contributed by atoms with Gasteiger partial charge in [0.05, 0.1) is 6.10 Å². The van der Waals surface area contributed by atoms with Crippen LogP contribution in [0.5, 0.6) is 0 Å². The first kappa shape index (κ1) is 14.8. The average Bonchev–Trinajstić information content (AvgIpc) is 2.50. The van der Waals surface area contributed by atoms with Crippen LogP contribution in [0, 0.1) is 6.92 Å². The molecule has 2 aromatic carbocycles. The van der Waals surface area contributed by atoms with Crippen LogP contribution in [0.1, 0.15) is 49.5 Å². The maximum atomic E-state index is 11.1. The molecule has 0 fully saturated rings. The van der Waals surface area contributed by atoms with Gasteiger partial charge in [-0.1, -0.05) is 68.4 Å². The predicted octanol–water partition coefficient (Wildman–Crippen LogP) is 4.79. The van der Waals surface area contributed by atoms with E-state index in [1.807, 2.05) is 24.3 Å². The van der Waals surface area contributed by atoms with Gasteiger partial charge in [0.1, 0.15) is 0 Å². The zero-order chi connectivity index (χ0) is 14.6. The number of benzene rings is 2. The largest absolute Gasteiger partial charge is 0.387 e. The topological polar surface area (TPSA) is 20.2 Å². The van der Waals surface area contributed by atoms with Crippen LogP contribution < -0.4 is 0 Å². The molecule has 0 aliphatic carbocycles. The van der Waals surface area contributed by atoms with Crippen molar-refractivity contribution >= 4 is 0 Å². The molecular formula is C19H24O. The van der Waals surface area contributed by atoms with Gasteiger partial charge in [0.2, 0.25) is 0 Å². The molecule has 0 aliphatic heterocycles. The van der Waals surface area contributed by atoms with Crippen molar-refractivity contribution in [2.45, 2.75) is 45.1 Å². The highest BCUT2D eigenvalue weighted by Gasteiger charge is 2.37. The zero-order valence-corrected chi connectivity index (χ0v) is 12.6. The van der Waals surface area contributed by atoms with Crippen molar-refractivity contribution in [1.82, 2.24) is 0 Å². The fourth-order valence-electron chi connectivity index (χ4n) is 3.16. The van der Waals surface area contributed by atoms with Gasteiger partial charge in [0, 0.05) is 5.41 Å². The Hall–Kier alpha value is -1.60. The molecule has 1 heteroatoms. The Bertz CT molecular complexity index is 541. The van der Waals surface area contributed by atoms with Crippen LogP contribution in [-0.4, -0.2) is 5.11 Å². The van der Waals surface area contributed by atoms with E-state index in [1.54, 1.807) is 0 Å². The molecule has 0 bridgehead atoms. The minimum atomic E-state index is -0.471. The third-order valence-electron chi connectivity index (χ3n) is 4.62. The SMILES string of the molecule is CCC(CC)(c1ccccc1)C(O)c1ccccc1C. The van der Waals surface area contributed by atoms with E-state index in [1.165, 1.54) is 5.56 Å². The third-order valence-corrected chi connectivity index (χ3v) is 4.62. The second kappa shape index (κ2) is 6.23. The Labute approximate surface area is 122 Å². The summed E-state index contributed by atoms with van der Waals surface area (Å²) in [6.45, 7) is 6.40. The lowest BCUT2D eigenvalue weighted by molar-refractivity contribution is 0.0722. The van der Waals surface area contributed by atoms with Crippen LogP contribution in [0.3, 0.4) is 0 Å². The summed E-state index contributed by atoms with van der Waals surface area (Å²) in [6.07, 6.45) is 1.37. The molecule has 0 spiro atoms. The van der Waals surface area contributed by atoms with Gasteiger partial charge in [0.25, 0.3) is 0 Å². The van der Waals surface area contributed by atoms with E-state index >= 15 is 0 Å². The van der Waals surface area contributed by atoms with Crippen LogP contribution >= 0.6 is 0 Å². The molecule has 2 aromatic rings. The van der Waals surface area contributed by atoms with Crippen molar-refractivity contribution in [2.75, 3.05) is 0 Å². The Morgan fingerprint density at radius 2 is 1.45 bits per heavy atom. The maximum Gasteiger partial charge on any atom is 0.0888 e. The lowest BCUT2D eigenvalue weighted by Crippen LogP contribution is -2.33. The van der Waals surface area contributed by atoms with Crippen LogP contribution in [0.4, 0.5) is 0 Å². The van der Waals surface area contributed by atoms with Gasteiger partial charge >= 0.3 is 0 Å². The second-order valence-electron chi connectivity index (χ2n) is 5.49. The summed E-state index contributed by atoms with van der Waals surface area (Å²) in [6, 6.07) is 18.5. The molecule has 0 saturated heterocycles. The number of aliphatic hydroxyl groups excluding tert-OH is 1. The number of hydrogen-bond donors (Lipinski definition) is 1. The molecule has 1 nitrogen and oxygen atoms in total. The summed E-state index contributed by atoms with van der Waals surface area (Å²) in [5, 5.41) is 11.1. The summed E-state index contributed by atoms with van der Waals surface area (Å²) in [4.78, 5) is 0. The molecule has 2 rings (SSSR count). The van der Waals surface area contributed by atoms with E-state index in [0.717, 1.165) is 24.0 Å². The van der Waals surface area contributed by atoms with E-state index in [0.29, 0.717) is 0 Å². The lowest BCUT2D eigenvalue weighted by atomic mass is 9.69. The van der Waals surface area contributed by atoms with Gasteiger partial charge in [-0.3, -0.25) is 0 Å². The Balaban J connectivity index is 2.51. The fourth-order valence-corrected chi connectivity index (χ4v) is 3.16. The third kappa shape index (κ3) is 2.51. The van der Waals surface area contributed by atoms with Gasteiger partial charge in [-0.15, -0.1) is 0 Å². The summed E-state index contributed by atoms with van der Waals surface area (Å²) in [5.74, 6) is 0. The summed E-state index contributed by atoms with van der Waals surface area (Å²) in [7, 11) is 0. The van der Waals surface area contributed by atoms with Crippen molar-refractivity contribution < 1.29 is 5.11 Å². The second-order valence-corrected chi connectivity index (χ2v) is 5.49. The molecule has 0 aromatic heterocycles. The van der Waals surface area contributed by atoms with Crippen molar-refractivity contribution in [3.63, 3.8) is 0 Å². The normalized spacial score (nSPS) is 13.2. The van der Waals surface area contributed by atoms with Crippen LogP contribution in [0.25, 0.3) is 0 Å². The molecule has 1 unspecified atom stereocenters. The Morgan fingerprint density at radius 3 is 2.00 bits per heavy atom. The first-order valence-corrected chi connectivity index (χ1v) is 7.44. The summed E-state index contributed by atoms with van der Waals surface area (Å²) >= 11 is 0. The quantitative estimate of drug-likeness (QED) is 0.827. The van der Waals surface area contributed by atoms with E-state index in [-0.39, 0.29) is 5.41 Å². The van der Waals surface area contributed by atoms with Gasteiger partial charge in [0.15, 0.2) is 0 Å². The molecular weight excluding hydrogens is 244 g/mol. The summed E-state index contributed by atoms with van der Waals surface area (Å²) < 4.78 is 0. The van der Waals surface area contributed by atoms with Gasteiger partial charge < -0.3 is 5.11 Å². The highest BCUT2D eigenvalue weighted by atomic mass is 16.3. The maximum absolute atomic E-state index is 11.1. The van der Waals surface area contributed by atoms with Gasteiger partial charge in [-0.05, 0) is 36.5 Å². The first-order chi connectivity index (χ1) is 9.65. The molecule has 0 heterocycles. The first-order valence-electron chi connectivity index (χ1n) is 7.44. The minimum absolute atomic E-state index is 0.215. The van der Waals surface area contributed by atoms with Gasteiger partial charge in [-0.2, -0.15) is 0 Å². The molecule has 0 radical (unpaired) electrons. The average molecular weight is 268 g/mol. The van der Waals surface area contributed by atoms with Crippen LogP contribution in [0.15, 0.2) is 54.6 Å².